The van der Waals surface area contributed by atoms with E-state index in [-0.39, 0.29) is 11.7 Å². The molecule has 6 nitrogen and oxygen atoms in total. The molecule has 0 bridgehead atoms. The van der Waals surface area contributed by atoms with Crippen molar-refractivity contribution in [1.82, 2.24) is 4.57 Å². The number of nitrogens with zero attached hydrogens (tertiary/aromatic N) is 1. The van der Waals surface area contributed by atoms with E-state index in [1.165, 1.54) is 11.5 Å². The summed E-state index contributed by atoms with van der Waals surface area (Å²) in [7, 11) is 0. The number of fused-ring (bicyclic) bond motifs is 1. The van der Waals surface area contributed by atoms with Crippen LogP contribution in [-0.2, 0) is 4.79 Å². The number of benzene rings is 2. The second-order valence-electron chi connectivity index (χ2n) is 5.50. The fraction of sp³-hybridized carbons (Fsp3) is 0.167. The third-order valence-corrected chi connectivity index (χ3v) is 3.84. The summed E-state index contributed by atoms with van der Waals surface area (Å²) >= 11 is 0. The van der Waals surface area contributed by atoms with Gasteiger partial charge in [0.2, 0.25) is 5.91 Å². The molecule has 1 atom stereocenters. The lowest BCUT2D eigenvalue weighted by molar-refractivity contribution is -0.118. The summed E-state index contributed by atoms with van der Waals surface area (Å²) in [6, 6.07) is 12.8. The van der Waals surface area contributed by atoms with Crippen molar-refractivity contribution in [2.45, 2.75) is 19.9 Å². The first-order valence-electron chi connectivity index (χ1n) is 7.49. The second kappa shape index (κ2) is 6.16. The molecule has 1 unspecified atom stereocenters. The van der Waals surface area contributed by atoms with Crippen molar-refractivity contribution in [3.05, 3.63) is 64.6 Å². The van der Waals surface area contributed by atoms with Crippen LogP contribution in [0.3, 0.4) is 0 Å². The highest BCUT2D eigenvalue weighted by molar-refractivity contribution is 5.96. The predicted octanol–water partition coefficient (Wildman–Crippen LogP) is 3.00. The van der Waals surface area contributed by atoms with Gasteiger partial charge >= 0.3 is 5.76 Å². The average molecular weight is 324 g/mol. The number of amides is 1. The summed E-state index contributed by atoms with van der Waals surface area (Å²) in [5, 5.41) is 2.74. The maximum atomic E-state index is 12.4. The van der Waals surface area contributed by atoms with Crippen molar-refractivity contribution < 1.29 is 14.0 Å². The Labute approximate surface area is 137 Å². The van der Waals surface area contributed by atoms with Gasteiger partial charge in [-0.3, -0.25) is 14.2 Å². The van der Waals surface area contributed by atoms with Crippen LogP contribution in [0.4, 0.5) is 5.69 Å². The molecule has 0 saturated carbocycles. The summed E-state index contributed by atoms with van der Waals surface area (Å²) in [5.74, 6) is -0.970. The number of hydrogen-bond donors (Lipinski definition) is 1. The third kappa shape index (κ3) is 2.86. The first-order valence-corrected chi connectivity index (χ1v) is 7.49. The second-order valence-corrected chi connectivity index (χ2v) is 5.50. The average Bonchev–Trinajstić information content (AvgIpc) is 2.90. The van der Waals surface area contributed by atoms with E-state index in [1.807, 2.05) is 0 Å². The van der Waals surface area contributed by atoms with E-state index in [0.29, 0.717) is 22.4 Å². The van der Waals surface area contributed by atoms with Gasteiger partial charge in [-0.25, -0.2) is 4.79 Å². The first kappa shape index (κ1) is 15.7. The van der Waals surface area contributed by atoms with Gasteiger partial charge in [-0.05, 0) is 50.2 Å². The van der Waals surface area contributed by atoms with Crippen LogP contribution < -0.4 is 11.1 Å². The van der Waals surface area contributed by atoms with Crippen LogP contribution in [-0.4, -0.2) is 16.3 Å². The molecule has 1 heterocycles. The Kier molecular flexibility index (Phi) is 4.04. The highest BCUT2D eigenvalue weighted by atomic mass is 16.4. The Balaban J connectivity index is 1.85. The number of carbonyl (C=O) groups is 2. The topological polar surface area (TPSA) is 81.3 Å². The van der Waals surface area contributed by atoms with Crippen molar-refractivity contribution in [2.24, 2.45) is 0 Å². The summed E-state index contributed by atoms with van der Waals surface area (Å²) < 4.78 is 6.47. The molecule has 0 aliphatic heterocycles. The van der Waals surface area contributed by atoms with Crippen LogP contribution in [0.15, 0.2) is 57.7 Å². The fourth-order valence-corrected chi connectivity index (χ4v) is 2.50. The highest BCUT2D eigenvalue weighted by Gasteiger charge is 2.21. The number of Topliss-reactive ketones (excluding diaryl/α,β-unsaturated/α-hetero) is 1. The van der Waals surface area contributed by atoms with E-state index in [4.69, 9.17) is 4.42 Å². The largest absolute Gasteiger partial charge is 0.420 e. The van der Waals surface area contributed by atoms with Crippen LogP contribution >= 0.6 is 0 Å². The summed E-state index contributed by atoms with van der Waals surface area (Å²) in [5.41, 5.74) is 2.13. The molecule has 1 N–H and O–H groups in total. The lowest BCUT2D eigenvalue weighted by Crippen LogP contribution is -2.29. The molecule has 0 fully saturated rings. The Morgan fingerprint density at radius 3 is 2.42 bits per heavy atom. The smallest absolute Gasteiger partial charge is 0.408 e. The third-order valence-electron chi connectivity index (χ3n) is 3.84. The molecular formula is C18H16N2O4. The minimum absolute atomic E-state index is 0.0438. The molecule has 2 aromatic carbocycles. The number of oxazole rings is 1. The van der Waals surface area contributed by atoms with Gasteiger partial charge in [0.15, 0.2) is 11.4 Å². The van der Waals surface area contributed by atoms with Crippen LogP contribution in [0.25, 0.3) is 11.1 Å². The Hall–Kier alpha value is -3.15. The Bertz CT molecular complexity index is 967. The van der Waals surface area contributed by atoms with Crippen molar-refractivity contribution in [3.63, 3.8) is 0 Å². The molecule has 122 valence electrons. The number of aromatic nitrogens is 1. The van der Waals surface area contributed by atoms with Crippen LogP contribution in [0.2, 0.25) is 0 Å². The minimum Gasteiger partial charge on any atom is -0.408 e. The minimum atomic E-state index is -0.742. The van der Waals surface area contributed by atoms with Gasteiger partial charge in [0, 0.05) is 11.3 Å². The molecule has 3 rings (SSSR count). The molecule has 3 aromatic rings. The normalized spacial score (nSPS) is 12.1. The van der Waals surface area contributed by atoms with Crippen LogP contribution in [0, 0.1) is 0 Å². The molecular weight excluding hydrogens is 308 g/mol. The van der Waals surface area contributed by atoms with E-state index in [9.17, 15) is 14.4 Å². The molecule has 6 heteroatoms. The molecule has 0 aliphatic rings. The van der Waals surface area contributed by atoms with Gasteiger partial charge in [0.05, 0.1) is 5.52 Å². The fourth-order valence-electron chi connectivity index (χ4n) is 2.50. The van der Waals surface area contributed by atoms with E-state index in [0.717, 1.165) is 0 Å². The lowest BCUT2D eigenvalue weighted by Gasteiger charge is -2.13. The monoisotopic (exact) mass is 324 g/mol. The SMILES string of the molecule is CC(=O)c1ccc(NC(=O)C(C)n2c(=O)oc3ccccc32)cc1. The van der Waals surface area contributed by atoms with Gasteiger partial charge < -0.3 is 9.73 Å². The molecule has 1 aromatic heterocycles. The maximum absolute atomic E-state index is 12.4. The Morgan fingerprint density at radius 1 is 1.08 bits per heavy atom. The van der Waals surface area contributed by atoms with E-state index in [2.05, 4.69) is 5.32 Å². The van der Waals surface area contributed by atoms with E-state index < -0.39 is 11.8 Å². The number of para-hydroxylation sites is 2. The van der Waals surface area contributed by atoms with Crippen molar-refractivity contribution in [1.29, 1.82) is 0 Å². The zero-order valence-corrected chi connectivity index (χ0v) is 13.3. The highest BCUT2D eigenvalue weighted by Crippen LogP contribution is 2.18. The number of carbonyl (C=O) groups excluding carboxylic acids is 2. The van der Waals surface area contributed by atoms with Crippen molar-refractivity contribution in [3.8, 4) is 0 Å². The maximum Gasteiger partial charge on any atom is 0.420 e. The number of anilines is 1. The van der Waals surface area contributed by atoms with E-state index >= 15 is 0 Å². The number of nitrogens with one attached hydrogen (secondary N) is 1. The van der Waals surface area contributed by atoms with Gasteiger partial charge in [-0.1, -0.05) is 12.1 Å². The summed E-state index contributed by atoms with van der Waals surface area (Å²) in [4.78, 5) is 35.8. The van der Waals surface area contributed by atoms with Crippen LogP contribution in [0.1, 0.15) is 30.2 Å². The molecule has 0 spiro atoms. The van der Waals surface area contributed by atoms with Gasteiger partial charge in [-0.15, -0.1) is 0 Å². The lowest BCUT2D eigenvalue weighted by atomic mass is 10.1. The molecule has 24 heavy (non-hydrogen) atoms. The van der Waals surface area contributed by atoms with Gasteiger partial charge in [0.25, 0.3) is 0 Å². The van der Waals surface area contributed by atoms with Crippen LogP contribution in [0.5, 0.6) is 0 Å². The van der Waals surface area contributed by atoms with Gasteiger partial charge in [0.1, 0.15) is 6.04 Å². The molecule has 1 amide bonds. The molecule has 0 aliphatic carbocycles. The molecule has 0 radical (unpaired) electrons. The first-order chi connectivity index (χ1) is 11.5. The summed E-state index contributed by atoms with van der Waals surface area (Å²) in [6.45, 7) is 3.11. The summed E-state index contributed by atoms with van der Waals surface area (Å²) in [6.07, 6.45) is 0. The standard InChI is InChI=1S/C18H16N2O4/c1-11(20-15-5-3-4-6-16(15)24-18(20)23)17(22)19-14-9-7-13(8-10-14)12(2)21/h3-11H,1-2H3,(H,19,22). The van der Waals surface area contributed by atoms with E-state index in [1.54, 1.807) is 55.5 Å². The quantitative estimate of drug-likeness (QED) is 0.748. The van der Waals surface area contributed by atoms with Crippen molar-refractivity contribution >= 4 is 28.5 Å². The van der Waals surface area contributed by atoms with Crippen molar-refractivity contribution in [2.75, 3.05) is 5.32 Å². The zero-order valence-electron chi connectivity index (χ0n) is 13.3. The number of rotatable bonds is 4. The Morgan fingerprint density at radius 2 is 1.75 bits per heavy atom. The predicted molar refractivity (Wildman–Crippen MR) is 90.3 cm³/mol. The number of hydrogen-bond acceptors (Lipinski definition) is 4. The molecule has 0 saturated heterocycles. The number of ketones is 1. The zero-order chi connectivity index (χ0) is 17.3. The van der Waals surface area contributed by atoms with Gasteiger partial charge in [-0.2, -0.15) is 0 Å².